The van der Waals surface area contributed by atoms with E-state index in [1.54, 1.807) is 6.92 Å². The number of rotatable bonds is 1. The molecule has 1 unspecified atom stereocenters. The van der Waals surface area contributed by atoms with Gasteiger partial charge in [0.15, 0.2) is 5.13 Å². The van der Waals surface area contributed by atoms with Gasteiger partial charge in [-0.1, -0.05) is 18.5 Å². The molecule has 1 aromatic heterocycles. The monoisotopic (exact) mass is 266 g/mol. The van der Waals surface area contributed by atoms with Crippen LogP contribution in [0.15, 0.2) is 0 Å². The molecule has 0 spiro atoms. The summed E-state index contributed by atoms with van der Waals surface area (Å²) in [6, 6.07) is 0. The lowest BCUT2D eigenvalue weighted by Gasteiger charge is -2.36. The van der Waals surface area contributed by atoms with Gasteiger partial charge in [0.2, 0.25) is 0 Å². The minimum atomic E-state index is -2.55. The maximum absolute atomic E-state index is 13.3. The van der Waals surface area contributed by atoms with Crippen LogP contribution in [0.3, 0.4) is 0 Å². The highest BCUT2D eigenvalue weighted by Gasteiger charge is 2.41. The van der Waals surface area contributed by atoms with Gasteiger partial charge in [-0.05, 0) is 6.92 Å². The molecular formula is C10H13ClF2N2S. The fourth-order valence-corrected chi connectivity index (χ4v) is 2.84. The summed E-state index contributed by atoms with van der Waals surface area (Å²) < 4.78 is 26.6. The fraction of sp³-hybridized carbons (Fsp3) is 0.700. The summed E-state index contributed by atoms with van der Waals surface area (Å²) in [5, 5.41) is 1.23. The summed E-state index contributed by atoms with van der Waals surface area (Å²) in [4.78, 5) is 7.01. The molecule has 6 heteroatoms. The first-order valence-corrected chi connectivity index (χ1v) is 6.35. The summed E-state index contributed by atoms with van der Waals surface area (Å²) >= 11 is 7.33. The first-order chi connectivity index (χ1) is 7.40. The van der Waals surface area contributed by atoms with Crippen LogP contribution in [0.2, 0.25) is 5.15 Å². The Balaban J connectivity index is 2.13. The van der Waals surface area contributed by atoms with Gasteiger partial charge < -0.3 is 4.90 Å². The lowest BCUT2D eigenvalue weighted by atomic mass is 9.96. The number of halogens is 3. The van der Waals surface area contributed by atoms with Crippen molar-refractivity contribution in [3.8, 4) is 0 Å². The minimum absolute atomic E-state index is 0.107. The van der Waals surface area contributed by atoms with Crippen molar-refractivity contribution in [3.05, 3.63) is 10.0 Å². The van der Waals surface area contributed by atoms with Gasteiger partial charge in [-0.15, -0.1) is 11.3 Å². The SMILES string of the molecule is Cc1sc(N2CCC(F)(F)C(C)C2)nc1Cl. The van der Waals surface area contributed by atoms with E-state index < -0.39 is 11.8 Å². The van der Waals surface area contributed by atoms with Crippen LogP contribution in [0.4, 0.5) is 13.9 Å². The van der Waals surface area contributed by atoms with Gasteiger partial charge >= 0.3 is 0 Å². The highest BCUT2D eigenvalue weighted by molar-refractivity contribution is 7.16. The number of hydrogen-bond acceptors (Lipinski definition) is 3. The van der Waals surface area contributed by atoms with Gasteiger partial charge in [-0.2, -0.15) is 0 Å². The van der Waals surface area contributed by atoms with Crippen LogP contribution in [-0.4, -0.2) is 24.0 Å². The molecule has 0 radical (unpaired) electrons. The molecule has 0 aromatic carbocycles. The standard InChI is InChI=1S/C10H13ClF2N2S/c1-6-5-15(4-3-10(6,12)13)9-14-8(11)7(2)16-9/h6H,3-5H2,1-2H3. The van der Waals surface area contributed by atoms with Crippen molar-refractivity contribution < 1.29 is 8.78 Å². The predicted molar refractivity (Wildman–Crippen MR) is 62.8 cm³/mol. The molecule has 0 saturated carbocycles. The first-order valence-electron chi connectivity index (χ1n) is 5.16. The number of anilines is 1. The van der Waals surface area contributed by atoms with Crippen LogP contribution in [0.25, 0.3) is 0 Å². The third-order valence-electron chi connectivity index (χ3n) is 2.93. The second-order valence-electron chi connectivity index (χ2n) is 4.20. The van der Waals surface area contributed by atoms with E-state index >= 15 is 0 Å². The van der Waals surface area contributed by atoms with Gasteiger partial charge in [-0.25, -0.2) is 13.8 Å². The highest BCUT2D eigenvalue weighted by atomic mass is 35.5. The van der Waals surface area contributed by atoms with Crippen molar-refractivity contribution in [2.24, 2.45) is 5.92 Å². The van der Waals surface area contributed by atoms with Crippen molar-refractivity contribution in [3.63, 3.8) is 0 Å². The summed E-state index contributed by atoms with van der Waals surface area (Å²) in [5.74, 6) is -3.18. The van der Waals surface area contributed by atoms with E-state index in [9.17, 15) is 8.78 Å². The third kappa shape index (κ3) is 2.15. The second kappa shape index (κ2) is 4.11. The van der Waals surface area contributed by atoms with E-state index in [-0.39, 0.29) is 6.42 Å². The Morgan fingerprint density at radius 3 is 2.75 bits per heavy atom. The van der Waals surface area contributed by atoms with Gasteiger partial charge in [-0.3, -0.25) is 0 Å². The Bertz CT molecular complexity index is 375. The quantitative estimate of drug-likeness (QED) is 0.772. The van der Waals surface area contributed by atoms with E-state index in [1.807, 2.05) is 11.8 Å². The van der Waals surface area contributed by atoms with Crippen LogP contribution in [0.1, 0.15) is 18.2 Å². The smallest absolute Gasteiger partial charge is 0.254 e. The average Bonchev–Trinajstić information content (AvgIpc) is 2.52. The lowest BCUT2D eigenvalue weighted by molar-refractivity contribution is -0.0651. The Hall–Kier alpha value is -0.420. The van der Waals surface area contributed by atoms with Crippen LogP contribution in [0, 0.1) is 12.8 Å². The normalized spacial score (nSPS) is 24.8. The maximum Gasteiger partial charge on any atom is 0.254 e. The van der Waals surface area contributed by atoms with Crippen LogP contribution >= 0.6 is 22.9 Å². The van der Waals surface area contributed by atoms with Crippen LogP contribution in [0.5, 0.6) is 0 Å². The topological polar surface area (TPSA) is 16.1 Å². The zero-order valence-corrected chi connectivity index (χ0v) is 10.7. The molecular weight excluding hydrogens is 254 g/mol. The van der Waals surface area contributed by atoms with Gasteiger partial charge in [0.25, 0.3) is 5.92 Å². The Morgan fingerprint density at radius 2 is 2.25 bits per heavy atom. The predicted octanol–water partition coefficient (Wildman–Crippen LogP) is 3.59. The largest absolute Gasteiger partial charge is 0.347 e. The molecule has 2 nitrogen and oxygen atoms in total. The number of alkyl halides is 2. The fourth-order valence-electron chi connectivity index (χ4n) is 1.76. The van der Waals surface area contributed by atoms with E-state index in [0.717, 1.165) is 10.0 Å². The number of piperidine rings is 1. The summed E-state index contributed by atoms with van der Waals surface area (Å²) in [7, 11) is 0. The Kier molecular flexibility index (Phi) is 3.09. The molecule has 0 amide bonds. The second-order valence-corrected chi connectivity index (χ2v) is 5.74. The molecule has 1 atom stereocenters. The first kappa shape index (κ1) is 12.0. The van der Waals surface area contributed by atoms with E-state index in [0.29, 0.717) is 18.2 Å². The van der Waals surface area contributed by atoms with Gasteiger partial charge in [0.05, 0.1) is 0 Å². The summed E-state index contributed by atoms with van der Waals surface area (Å²) in [6.07, 6.45) is -0.107. The molecule has 1 aliphatic heterocycles. The van der Waals surface area contributed by atoms with Crippen LogP contribution in [-0.2, 0) is 0 Å². The molecule has 2 heterocycles. The summed E-state index contributed by atoms with van der Waals surface area (Å²) in [5.41, 5.74) is 0. The van der Waals surface area contributed by atoms with Crippen molar-refractivity contribution in [2.75, 3.05) is 18.0 Å². The van der Waals surface area contributed by atoms with Crippen LogP contribution < -0.4 is 4.90 Å². The molecule has 2 rings (SSSR count). The van der Waals surface area contributed by atoms with E-state index in [4.69, 9.17) is 11.6 Å². The molecule has 16 heavy (non-hydrogen) atoms. The molecule has 90 valence electrons. The highest BCUT2D eigenvalue weighted by Crippen LogP contribution is 2.37. The molecule has 1 aliphatic rings. The molecule has 1 aromatic rings. The van der Waals surface area contributed by atoms with E-state index in [1.165, 1.54) is 11.3 Å². The number of nitrogens with zero attached hydrogens (tertiary/aromatic N) is 2. The Labute approximate surface area is 102 Å². The zero-order valence-electron chi connectivity index (χ0n) is 9.14. The number of aromatic nitrogens is 1. The lowest BCUT2D eigenvalue weighted by Crippen LogP contribution is -2.45. The average molecular weight is 267 g/mol. The van der Waals surface area contributed by atoms with Crippen molar-refractivity contribution in [2.45, 2.75) is 26.2 Å². The maximum atomic E-state index is 13.3. The molecule has 0 bridgehead atoms. The third-order valence-corrected chi connectivity index (χ3v) is 4.44. The van der Waals surface area contributed by atoms with Crippen molar-refractivity contribution >= 4 is 28.1 Å². The van der Waals surface area contributed by atoms with Gasteiger partial charge in [0.1, 0.15) is 5.15 Å². The Morgan fingerprint density at radius 1 is 1.56 bits per heavy atom. The minimum Gasteiger partial charge on any atom is -0.347 e. The summed E-state index contributed by atoms with van der Waals surface area (Å²) in [6.45, 7) is 4.15. The molecule has 1 fully saturated rings. The number of thiazole rings is 1. The molecule has 1 saturated heterocycles. The van der Waals surface area contributed by atoms with E-state index in [2.05, 4.69) is 4.98 Å². The number of hydrogen-bond donors (Lipinski definition) is 0. The zero-order chi connectivity index (χ0) is 11.9. The molecule has 0 aliphatic carbocycles. The van der Waals surface area contributed by atoms with Crippen molar-refractivity contribution in [1.82, 2.24) is 4.98 Å². The molecule has 0 N–H and O–H groups in total. The van der Waals surface area contributed by atoms with Gasteiger partial charge in [0, 0.05) is 30.3 Å². The van der Waals surface area contributed by atoms with Crippen molar-refractivity contribution in [1.29, 1.82) is 0 Å². The number of aryl methyl sites for hydroxylation is 1.